The average Bonchev–Trinajstić information content (AvgIpc) is 2.91. The summed E-state index contributed by atoms with van der Waals surface area (Å²) in [6.07, 6.45) is 5.20. The fraction of sp³-hybridized carbons (Fsp3) is 0.333. The molecule has 4 nitrogen and oxygen atoms in total. The molecule has 0 fully saturated rings. The summed E-state index contributed by atoms with van der Waals surface area (Å²) in [6, 6.07) is 2.24. The van der Waals surface area contributed by atoms with E-state index in [1.54, 1.807) is 0 Å². The van der Waals surface area contributed by atoms with E-state index in [1.165, 1.54) is 40.8 Å². The molecule has 2 N–H and O–H groups in total. The van der Waals surface area contributed by atoms with Gasteiger partial charge < -0.3 is 5.32 Å². The second-order valence-electron chi connectivity index (χ2n) is 4.30. The topological polar surface area (TPSA) is 57.8 Å². The second kappa shape index (κ2) is 4.74. The van der Waals surface area contributed by atoms with E-state index in [4.69, 9.17) is 11.6 Å². The number of nitrogens with one attached hydrogen (secondary N) is 2. The van der Waals surface area contributed by atoms with Gasteiger partial charge in [-0.25, -0.2) is 5.10 Å². The van der Waals surface area contributed by atoms with Crippen LogP contribution in [0.5, 0.6) is 0 Å². The quantitative estimate of drug-likeness (QED) is 0.909. The summed E-state index contributed by atoms with van der Waals surface area (Å²) in [4.78, 5) is 14.1. The van der Waals surface area contributed by atoms with E-state index in [0.29, 0.717) is 12.2 Å². The van der Waals surface area contributed by atoms with Crippen LogP contribution in [0.25, 0.3) is 0 Å². The lowest BCUT2D eigenvalue weighted by molar-refractivity contribution is 0.913. The number of aromatic nitrogens is 2. The van der Waals surface area contributed by atoms with Gasteiger partial charge in [0.05, 0.1) is 11.9 Å². The summed E-state index contributed by atoms with van der Waals surface area (Å²) < 4.78 is 0. The molecular weight excluding hydrogens is 270 g/mol. The first-order chi connectivity index (χ1) is 8.74. The lowest BCUT2D eigenvalue weighted by Gasteiger charge is -2.05. The van der Waals surface area contributed by atoms with Gasteiger partial charge in [-0.15, -0.1) is 11.3 Å². The highest BCUT2D eigenvalue weighted by atomic mass is 35.5. The van der Waals surface area contributed by atoms with Crippen molar-refractivity contribution in [2.45, 2.75) is 25.8 Å². The number of fused-ring (bicyclic) bond motifs is 1. The predicted octanol–water partition coefficient (Wildman–Crippen LogP) is 2.59. The highest BCUT2D eigenvalue weighted by Crippen LogP contribution is 2.31. The summed E-state index contributed by atoms with van der Waals surface area (Å²) in [7, 11) is 0. The third-order valence-corrected chi connectivity index (χ3v) is 4.66. The van der Waals surface area contributed by atoms with Crippen molar-refractivity contribution < 1.29 is 0 Å². The zero-order valence-corrected chi connectivity index (χ0v) is 11.2. The summed E-state index contributed by atoms with van der Waals surface area (Å²) in [5.74, 6) is 0. The van der Waals surface area contributed by atoms with Crippen LogP contribution in [0.2, 0.25) is 5.02 Å². The molecule has 18 heavy (non-hydrogen) atoms. The van der Waals surface area contributed by atoms with Crippen LogP contribution in [-0.2, 0) is 19.4 Å². The molecular formula is C12H12ClN3OS. The molecule has 0 atom stereocenters. The highest BCUT2D eigenvalue weighted by Gasteiger charge is 2.14. The fourth-order valence-electron chi connectivity index (χ4n) is 2.17. The summed E-state index contributed by atoms with van der Waals surface area (Å²) in [6.45, 7) is 0.683. The Balaban J connectivity index is 1.74. The van der Waals surface area contributed by atoms with Crippen molar-refractivity contribution in [1.82, 2.24) is 10.2 Å². The normalized spacial score (nSPS) is 13.6. The number of rotatable bonds is 3. The van der Waals surface area contributed by atoms with Crippen molar-refractivity contribution in [2.24, 2.45) is 0 Å². The Kier molecular flexibility index (Phi) is 3.09. The molecule has 2 aromatic rings. The molecule has 94 valence electrons. The molecule has 0 saturated heterocycles. The molecule has 0 radical (unpaired) electrons. The molecule has 0 unspecified atom stereocenters. The van der Waals surface area contributed by atoms with Gasteiger partial charge in [-0.2, -0.15) is 5.10 Å². The number of hydrogen-bond donors (Lipinski definition) is 2. The summed E-state index contributed by atoms with van der Waals surface area (Å²) >= 11 is 7.73. The zero-order valence-electron chi connectivity index (χ0n) is 9.62. The van der Waals surface area contributed by atoms with Gasteiger partial charge in [0.15, 0.2) is 0 Å². The molecule has 2 aromatic heterocycles. The van der Waals surface area contributed by atoms with Gasteiger partial charge in [0.1, 0.15) is 5.02 Å². The largest absolute Gasteiger partial charge is 0.377 e. The number of thiophene rings is 1. The van der Waals surface area contributed by atoms with Crippen molar-refractivity contribution in [2.75, 3.05) is 5.32 Å². The summed E-state index contributed by atoms with van der Waals surface area (Å²) in [5.41, 5.74) is 1.69. The predicted molar refractivity (Wildman–Crippen MR) is 73.5 cm³/mol. The van der Waals surface area contributed by atoms with Crippen LogP contribution >= 0.6 is 22.9 Å². The van der Waals surface area contributed by atoms with Crippen LogP contribution in [0, 0.1) is 0 Å². The maximum absolute atomic E-state index is 11.3. The lowest BCUT2D eigenvalue weighted by atomic mass is 10.2. The van der Waals surface area contributed by atoms with Crippen molar-refractivity contribution in [3.05, 3.63) is 43.0 Å². The van der Waals surface area contributed by atoms with Crippen molar-refractivity contribution in [1.29, 1.82) is 0 Å². The Morgan fingerprint density at radius 1 is 1.50 bits per heavy atom. The van der Waals surface area contributed by atoms with E-state index in [2.05, 4.69) is 21.6 Å². The van der Waals surface area contributed by atoms with Crippen molar-refractivity contribution >= 4 is 28.6 Å². The maximum Gasteiger partial charge on any atom is 0.285 e. The first kappa shape index (κ1) is 11.7. The Bertz CT molecular complexity index is 613. The van der Waals surface area contributed by atoms with Gasteiger partial charge in [-0.1, -0.05) is 11.6 Å². The third-order valence-electron chi connectivity index (χ3n) is 3.05. The maximum atomic E-state index is 11.3. The molecule has 0 aromatic carbocycles. The lowest BCUT2D eigenvalue weighted by Crippen LogP contribution is -2.11. The van der Waals surface area contributed by atoms with E-state index in [9.17, 15) is 4.79 Å². The monoisotopic (exact) mass is 281 g/mol. The SMILES string of the molecule is O=c1[nH]ncc(NCc2cc3c(s2)CCC3)c1Cl. The molecule has 6 heteroatoms. The minimum absolute atomic E-state index is 0.161. The third kappa shape index (κ3) is 2.15. The van der Waals surface area contributed by atoms with Gasteiger partial charge in [0.2, 0.25) is 0 Å². The first-order valence-corrected chi connectivity index (χ1v) is 7.01. The Morgan fingerprint density at radius 3 is 3.22 bits per heavy atom. The number of aryl methyl sites for hydroxylation is 2. The van der Waals surface area contributed by atoms with E-state index in [1.807, 2.05) is 11.3 Å². The molecule has 1 aliphatic rings. The molecule has 0 spiro atoms. The average molecular weight is 282 g/mol. The summed E-state index contributed by atoms with van der Waals surface area (Å²) in [5, 5.41) is 9.34. The highest BCUT2D eigenvalue weighted by molar-refractivity contribution is 7.12. The number of halogens is 1. The molecule has 0 aliphatic heterocycles. The van der Waals surface area contributed by atoms with E-state index in [-0.39, 0.29) is 10.6 Å². The Labute approximate surface area is 113 Å². The zero-order chi connectivity index (χ0) is 12.5. The number of aromatic amines is 1. The van der Waals surface area contributed by atoms with Crippen molar-refractivity contribution in [3.63, 3.8) is 0 Å². The van der Waals surface area contributed by atoms with Crippen LogP contribution in [0.1, 0.15) is 21.7 Å². The Hall–Kier alpha value is -1.33. The molecule has 0 bridgehead atoms. The number of H-pyrrole nitrogens is 1. The molecule has 0 saturated carbocycles. The second-order valence-corrected chi connectivity index (χ2v) is 5.89. The molecule has 0 amide bonds. The Morgan fingerprint density at radius 2 is 2.39 bits per heavy atom. The standard InChI is InChI=1S/C12H12ClN3OS/c13-11-9(6-15-16-12(11)17)14-5-8-4-7-2-1-3-10(7)18-8/h4,6H,1-3,5H2,(H2,14,16,17). The molecule has 2 heterocycles. The van der Waals surface area contributed by atoms with Crippen LogP contribution in [-0.4, -0.2) is 10.2 Å². The van der Waals surface area contributed by atoms with Gasteiger partial charge in [0, 0.05) is 16.3 Å². The van der Waals surface area contributed by atoms with E-state index < -0.39 is 0 Å². The minimum atomic E-state index is -0.365. The number of anilines is 1. The van der Waals surface area contributed by atoms with Crippen LogP contribution in [0.3, 0.4) is 0 Å². The molecule has 1 aliphatic carbocycles. The number of hydrogen-bond acceptors (Lipinski definition) is 4. The van der Waals surface area contributed by atoms with Crippen LogP contribution in [0.15, 0.2) is 17.1 Å². The van der Waals surface area contributed by atoms with E-state index >= 15 is 0 Å². The van der Waals surface area contributed by atoms with Crippen molar-refractivity contribution in [3.8, 4) is 0 Å². The van der Waals surface area contributed by atoms with E-state index in [0.717, 1.165) is 0 Å². The first-order valence-electron chi connectivity index (χ1n) is 5.81. The van der Waals surface area contributed by atoms with Gasteiger partial charge in [-0.3, -0.25) is 4.79 Å². The van der Waals surface area contributed by atoms with Gasteiger partial charge in [-0.05, 0) is 30.9 Å². The van der Waals surface area contributed by atoms with Crippen LogP contribution < -0.4 is 10.9 Å². The van der Waals surface area contributed by atoms with Gasteiger partial charge in [0.25, 0.3) is 5.56 Å². The fourth-order valence-corrected chi connectivity index (χ4v) is 3.53. The smallest absolute Gasteiger partial charge is 0.285 e. The number of nitrogens with zero attached hydrogens (tertiary/aromatic N) is 1. The minimum Gasteiger partial charge on any atom is -0.377 e. The molecule has 3 rings (SSSR count). The van der Waals surface area contributed by atoms with Gasteiger partial charge >= 0.3 is 0 Å². The van der Waals surface area contributed by atoms with Crippen LogP contribution in [0.4, 0.5) is 5.69 Å².